The number of pyridine rings is 1. The summed E-state index contributed by atoms with van der Waals surface area (Å²) in [6, 6.07) is 10.1. The molecular weight excluding hydrogens is 243 g/mol. The maximum Gasteiger partial charge on any atom is 0.125 e. The van der Waals surface area contributed by atoms with Gasteiger partial charge in [-0.1, -0.05) is 6.07 Å². The van der Waals surface area contributed by atoms with Gasteiger partial charge in [-0.2, -0.15) is 0 Å². The molecule has 1 atom stereocenters. The standard InChI is InChI=1S/C15H17FN2O/c1-3-18(13-6-4-5-12(16)9-13)14-7-8-15(11(2)19)17-10-14/h4-11,19H,3H2,1-2H3/t11-/m1/s1. The van der Waals surface area contributed by atoms with E-state index in [1.54, 1.807) is 25.3 Å². The van der Waals surface area contributed by atoms with Gasteiger partial charge in [0.15, 0.2) is 0 Å². The van der Waals surface area contributed by atoms with Crippen LogP contribution in [0.25, 0.3) is 0 Å². The number of aliphatic hydroxyl groups excluding tert-OH is 1. The minimum Gasteiger partial charge on any atom is -0.387 e. The highest BCUT2D eigenvalue weighted by molar-refractivity contribution is 5.62. The molecule has 3 nitrogen and oxygen atoms in total. The van der Waals surface area contributed by atoms with E-state index < -0.39 is 6.10 Å². The van der Waals surface area contributed by atoms with E-state index in [9.17, 15) is 9.50 Å². The van der Waals surface area contributed by atoms with Gasteiger partial charge in [-0.15, -0.1) is 0 Å². The molecule has 0 amide bonds. The van der Waals surface area contributed by atoms with Crippen molar-refractivity contribution in [2.24, 2.45) is 0 Å². The summed E-state index contributed by atoms with van der Waals surface area (Å²) in [6.45, 7) is 4.37. The summed E-state index contributed by atoms with van der Waals surface area (Å²) in [5.41, 5.74) is 2.28. The zero-order valence-corrected chi connectivity index (χ0v) is 11.0. The van der Waals surface area contributed by atoms with Crippen LogP contribution in [-0.2, 0) is 0 Å². The van der Waals surface area contributed by atoms with Crippen molar-refractivity contribution in [3.05, 3.63) is 54.1 Å². The van der Waals surface area contributed by atoms with Crippen molar-refractivity contribution in [2.45, 2.75) is 20.0 Å². The Morgan fingerprint density at radius 1 is 1.26 bits per heavy atom. The second-order valence-corrected chi connectivity index (χ2v) is 4.34. The molecule has 2 aromatic rings. The molecule has 0 unspecified atom stereocenters. The summed E-state index contributed by atoms with van der Waals surface area (Å²) in [5.74, 6) is -0.260. The fourth-order valence-corrected chi connectivity index (χ4v) is 1.96. The van der Waals surface area contributed by atoms with Crippen LogP contribution in [0, 0.1) is 5.82 Å². The van der Waals surface area contributed by atoms with Crippen LogP contribution in [0.3, 0.4) is 0 Å². The van der Waals surface area contributed by atoms with Crippen molar-refractivity contribution < 1.29 is 9.50 Å². The zero-order valence-electron chi connectivity index (χ0n) is 11.0. The quantitative estimate of drug-likeness (QED) is 0.915. The lowest BCUT2D eigenvalue weighted by molar-refractivity contribution is 0.194. The summed E-state index contributed by atoms with van der Waals surface area (Å²) in [6.07, 6.45) is 1.11. The monoisotopic (exact) mass is 260 g/mol. The molecule has 1 aromatic heterocycles. The summed E-state index contributed by atoms with van der Waals surface area (Å²) in [4.78, 5) is 6.17. The average molecular weight is 260 g/mol. The highest BCUT2D eigenvalue weighted by Crippen LogP contribution is 2.25. The Kier molecular flexibility index (Phi) is 4.12. The van der Waals surface area contributed by atoms with Crippen LogP contribution >= 0.6 is 0 Å². The lowest BCUT2D eigenvalue weighted by atomic mass is 10.2. The van der Waals surface area contributed by atoms with Gasteiger partial charge in [-0.3, -0.25) is 4.98 Å². The van der Waals surface area contributed by atoms with Gasteiger partial charge in [-0.05, 0) is 44.2 Å². The maximum absolute atomic E-state index is 13.3. The maximum atomic E-state index is 13.3. The predicted octanol–water partition coefficient (Wildman–Crippen LogP) is 3.43. The van der Waals surface area contributed by atoms with Crippen LogP contribution in [0.4, 0.5) is 15.8 Å². The number of hydrogen-bond acceptors (Lipinski definition) is 3. The van der Waals surface area contributed by atoms with Crippen LogP contribution in [-0.4, -0.2) is 16.6 Å². The Balaban J connectivity index is 2.31. The highest BCUT2D eigenvalue weighted by atomic mass is 19.1. The fraction of sp³-hybridized carbons (Fsp3) is 0.267. The molecule has 0 aliphatic rings. The van der Waals surface area contributed by atoms with Crippen molar-refractivity contribution >= 4 is 11.4 Å². The van der Waals surface area contributed by atoms with E-state index in [0.717, 1.165) is 11.4 Å². The molecular formula is C15H17FN2O. The van der Waals surface area contributed by atoms with Crippen molar-refractivity contribution in [1.29, 1.82) is 0 Å². The van der Waals surface area contributed by atoms with Crippen LogP contribution in [0.15, 0.2) is 42.6 Å². The fourth-order valence-electron chi connectivity index (χ4n) is 1.96. The summed E-state index contributed by atoms with van der Waals surface area (Å²) in [7, 11) is 0. The molecule has 1 heterocycles. The summed E-state index contributed by atoms with van der Waals surface area (Å²) < 4.78 is 13.3. The van der Waals surface area contributed by atoms with E-state index in [1.807, 2.05) is 24.0 Å². The highest BCUT2D eigenvalue weighted by Gasteiger charge is 2.09. The SMILES string of the molecule is CCN(c1ccc([C@@H](C)O)nc1)c1cccc(F)c1. The van der Waals surface area contributed by atoms with E-state index >= 15 is 0 Å². The summed E-state index contributed by atoms with van der Waals surface area (Å²) >= 11 is 0. The number of nitrogens with zero attached hydrogens (tertiary/aromatic N) is 2. The number of anilines is 2. The van der Waals surface area contributed by atoms with E-state index in [4.69, 9.17) is 0 Å². The molecule has 4 heteroatoms. The number of rotatable bonds is 4. The molecule has 1 N–H and O–H groups in total. The van der Waals surface area contributed by atoms with Gasteiger partial charge in [0, 0.05) is 12.2 Å². The Hall–Kier alpha value is -1.94. The zero-order chi connectivity index (χ0) is 13.8. The Morgan fingerprint density at radius 3 is 2.58 bits per heavy atom. The smallest absolute Gasteiger partial charge is 0.125 e. The molecule has 0 radical (unpaired) electrons. The lowest BCUT2D eigenvalue weighted by Gasteiger charge is -2.23. The molecule has 0 aliphatic heterocycles. The molecule has 0 saturated carbocycles. The molecule has 100 valence electrons. The predicted molar refractivity (Wildman–Crippen MR) is 74.0 cm³/mol. The molecule has 19 heavy (non-hydrogen) atoms. The van der Waals surface area contributed by atoms with Gasteiger partial charge in [0.25, 0.3) is 0 Å². The largest absolute Gasteiger partial charge is 0.387 e. The van der Waals surface area contributed by atoms with Gasteiger partial charge in [0.1, 0.15) is 5.82 Å². The third kappa shape index (κ3) is 3.09. The van der Waals surface area contributed by atoms with E-state index in [1.165, 1.54) is 12.1 Å². The second-order valence-electron chi connectivity index (χ2n) is 4.34. The Labute approximate surface area is 112 Å². The van der Waals surface area contributed by atoms with Crippen molar-refractivity contribution in [2.75, 3.05) is 11.4 Å². The van der Waals surface area contributed by atoms with E-state index in [2.05, 4.69) is 4.98 Å². The van der Waals surface area contributed by atoms with Crippen LogP contribution < -0.4 is 4.90 Å². The van der Waals surface area contributed by atoms with Gasteiger partial charge < -0.3 is 10.0 Å². The molecule has 0 spiro atoms. The van der Waals surface area contributed by atoms with Gasteiger partial charge in [0.2, 0.25) is 0 Å². The van der Waals surface area contributed by atoms with Crippen molar-refractivity contribution in [3.63, 3.8) is 0 Å². The first-order valence-electron chi connectivity index (χ1n) is 6.29. The number of aliphatic hydroxyl groups is 1. The summed E-state index contributed by atoms with van der Waals surface area (Å²) in [5, 5.41) is 9.44. The first-order valence-corrected chi connectivity index (χ1v) is 6.29. The van der Waals surface area contributed by atoms with Crippen LogP contribution in [0.2, 0.25) is 0 Å². The molecule has 0 fully saturated rings. The third-order valence-electron chi connectivity index (χ3n) is 2.95. The molecule has 2 rings (SSSR count). The van der Waals surface area contributed by atoms with E-state index in [-0.39, 0.29) is 5.82 Å². The third-order valence-corrected chi connectivity index (χ3v) is 2.95. The molecule has 0 saturated heterocycles. The Bertz CT molecular complexity index is 540. The normalized spacial score (nSPS) is 12.2. The van der Waals surface area contributed by atoms with Gasteiger partial charge in [0.05, 0.1) is 23.7 Å². The van der Waals surface area contributed by atoms with Gasteiger partial charge in [-0.25, -0.2) is 4.39 Å². The number of hydrogen-bond donors (Lipinski definition) is 1. The minimum absolute atomic E-state index is 0.260. The van der Waals surface area contributed by atoms with Crippen molar-refractivity contribution in [3.8, 4) is 0 Å². The first-order chi connectivity index (χ1) is 9.11. The van der Waals surface area contributed by atoms with Crippen molar-refractivity contribution in [1.82, 2.24) is 4.98 Å². The molecule has 0 bridgehead atoms. The number of halogens is 1. The second kappa shape index (κ2) is 5.80. The number of aromatic nitrogens is 1. The topological polar surface area (TPSA) is 36.4 Å². The molecule has 1 aromatic carbocycles. The minimum atomic E-state index is -0.585. The van der Waals surface area contributed by atoms with Gasteiger partial charge >= 0.3 is 0 Å². The van der Waals surface area contributed by atoms with Crippen LogP contribution in [0.5, 0.6) is 0 Å². The molecule has 0 aliphatic carbocycles. The Morgan fingerprint density at radius 2 is 2.05 bits per heavy atom. The number of benzene rings is 1. The first kappa shape index (κ1) is 13.5. The van der Waals surface area contributed by atoms with Crippen LogP contribution in [0.1, 0.15) is 25.6 Å². The average Bonchev–Trinajstić information content (AvgIpc) is 2.40. The van der Waals surface area contributed by atoms with E-state index in [0.29, 0.717) is 12.2 Å². The lowest BCUT2D eigenvalue weighted by Crippen LogP contribution is -2.16.